The first-order valence-corrected chi connectivity index (χ1v) is 7.98. The quantitative estimate of drug-likeness (QED) is 0.804. The van der Waals surface area contributed by atoms with Crippen LogP contribution in [0.4, 0.5) is 0 Å². The predicted octanol–water partition coefficient (Wildman–Crippen LogP) is 1.77. The summed E-state index contributed by atoms with van der Waals surface area (Å²) in [6, 6.07) is 3.58. The van der Waals surface area contributed by atoms with Crippen molar-refractivity contribution in [3.05, 3.63) is 35.9 Å². The van der Waals surface area contributed by atoms with Crippen molar-refractivity contribution in [1.29, 1.82) is 0 Å². The average Bonchev–Trinajstić information content (AvgIpc) is 2.74. The summed E-state index contributed by atoms with van der Waals surface area (Å²) in [6.07, 6.45) is 3.81. The lowest BCUT2D eigenvalue weighted by atomic mass is 10.2. The third-order valence-electron chi connectivity index (χ3n) is 2.58. The second kappa shape index (κ2) is 5.26. The lowest BCUT2D eigenvalue weighted by Crippen LogP contribution is -2.12. The molecule has 0 bridgehead atoms. The molecule has 2 aromatic heterocycles. The minimum atomic E-state index is -3.90. The topological polar surface area (TPSA) is 77.7 Å². The Kier molecular flexibility index (Phi) is 3.86. The lowest BCUT2D eigenvalue weighted by Gasteiger charge is -2.12. The number of halogens is 1. The molecule has 0 unspecified atom stereocenters. The molecule has 2 aromatic rings. The molecule has 0 aliphatic carbocycles. The van der Waals surface area contributed by atoms with Crippen molar-refractivity contribution in [3.8, 4) is 0 Å². The van der Waals surface area contributed by atoms with E-state index in [2.05, 4.69) is 15.2 Å². The fourth-order valence-electron chi connectivity index (χ4n) is 1.80. The van der Waals surface area contributed by atoms with Gasteiger partial charge in [-0.05, 0) is 31.5 Å². The molecule has 0 aliphatic rings. The summed E-state index contributed by atoms with van der Waals surface area (Å²) in [5.41, 5.74) is 0.975. The molecule has 102 valence electrons. The zero-order valence-electron chi connectivity index (χ0n) is 10.5. The van der Waals surface area contributed by atoms with Crippen LogP contribution in [0.5, 0.6) is 0 Å². The summed E-state index contributed by atoms with van der Waals surface area (Å²) in [5, 5.41) is 7.40. The molecule has 19 heavy (non-hydrogen) atoms. The largest absolute Gasteiger partial charge is 0.298 e. The molecule has 0 saturated carbocycles. The van der Waals surface area contributed by atoms with E-state index in [0.29, 0.717) is 12.2 Å². The molecule has 0 radical (unpaired) electrons. The predicted molar refractivity (Wildman–Crippen MR) is 70.5 cm³/mol. The van der Waals surface area contributed by atoms with Gasteiger partial charge in [-0.1, -0.05) is 0 Å². The van der Waals surface area contributed by atoms with Crippen molar-refractivity contribution >= 4 is 19.7 Å². The Balaban J connectivity index is 2.45. The van der Waals surface area contributed by atoms with Crippen molar-refractivity contribution in [2.45, 2.75) is 31.5 Å². The Bertz CT molecular complexity index is 667. The van der Waals surface area contributed by atoms with Crippen LogP contribution < -0.4 is 0 Å². The maximum Gasteiger partial charge on any atom is 0.296 e. The molecule has 0 aromatic carbocycles. The summed E-state index contributed by atoms with van der Waals surface area (Å²) < 4.78 is 24.4. The number of pyridine rings is 1. The van der Waals surface area contributed by atoms with Gasteiger partial charge >= 0.3 is 0 Å². The Morgan fingerprint density at radius 3 is 2.42 bits per heavy atom. The van der Waals surface area contributed by atoms with Crippen LogP contribution in [-0.2, 0) is 15.5 Å². The molecule has 6 nitrogen and oxygen atoms in total. The molecule has 2 heterocycles. The molecular formula is C11H13ClN4O2S. The van der Waals surface area contributed by atoms with Gasteiger partial charge in [0, 0.05) is 35.5 Å². The summed E-state index contributed by atoms with van der Waals surface area (Å²) in [4.78, 5) is 3.93. The highest BCUT2D eigenvalue weighted by molar-refractivity contribution is 8.13. The van der Waals surface area contributed by atoms with Gasteiger partial charge in [-0.25, -0.2) is 8.42 Å². The first-order valence-electron chi connectivity index (χ1n) is 5.67. The van der Waals surface area contributed by atoms with E-state index >= 15 is 0 Å². The van der Waals surface area contributed by atoms with Crippen LogP contribution in [0.15, 0.2) is 29.7 Å². The normalized spacial score (nSPS) is 12.0. The minimum absolute atomic E-state index is 0.102. The van der Waals surface area contributed by atoms with Crippen molar-refractivity contribution in [1.82, 2.24) is 19.7 Å². The van der Waals surface area contributed by atoms with Crippen molar-refractivity contribution < 1.29 is 8.42 Å². The Hall–Kier alpha value is -1.47. The second-order valence-corrected chi connectivity index (χ2v) is 6.79. The van der Waals surface area contributed by atoms with Gasteiger partial charge in [-0.2, -0.15) is 0 Å². The van der Waals surface area contributed by atoms with Gasteiger partial charge in [-0.3, -0.25) is 9.55 Å². The highest BCUT2D eigenvalue weighted by Crippen LogP contribution is 2.20. The van der Waals surface area contributed by atoms with Gasteiger partial charge in [-0.15, -0.1) is 10.2 Å². The molecule has 0 amide bonds. The summed E-state index contributed by atoms with van der Waals surface area (Å²) in [6.45, 7) is 3.70. The maximum absolute atomic E-state index is 11.5. The lowest BCUT2D eigenvalue weighted by molar-refractivity contribution is 0.512. The molecule has 0 atom stereocenters. The second-order valence-electron chi connectivity index (χ2n) is 4.33. The Labute approximate surface area is 115 Å². The summed E-state index contributed by atoms with van der Waals surface area (Å²) in [7, 11) is 1.46. The van der Waals surface area contributed by atoms with Crippen molar-refractivity contribution in [2.75, 3.05) is 0 Å². The highest BCUT2D eigenvalue weighted by Gasteiger charge is 2.24. The van der Waals surface area contributed by atoms with E-state index in [-0.39, 0.29) is 11.2 Å². The number of nitrogens with zero attached hydrogens (tertiary/aromatic N) is 4. The zero-order chi connectivity index (χ0) is 14.0. The molecule has 0 saturated heterocycles. The summed E-state index contributed by atoms with van der Waals surface area (Å²) in [5.74, 6) is 0.556. The van der Waals surface area contributed by atoms with E-state index in [1.54, 1.807) is 12.4 Å². The number of rotatable bonds is 4. The molecule has 0 N–H and O–H groups in total. The number of hydrogen-bond acceptors (Lipinski definition) is 5. The van der Waals surface area contributed by atoms with E-state index in [9.17, 15) is 8.42 Å². The van der Waals surface area contributed by atoms with E-state index in [1.807, 2.05) is 26.0 Å². The Morgan fingerprint density at radius 1 is 1.26 bits per heavy atom. The zero-order valence-corrected chi connectivity index (χ0v) is 12.1. The SMILES string of the molecule is CC(C)n1c(Cc2ccncc2)nnc1S(=O)(=O)Cl. The summed E-state index contributed by atoms with van der Waals surface area (Å²) >= 11 is 0. The highest BCUT2D eigenvalue weighted by atomic mass is 35.7. The van der Waals surface area contributed by atoms with Gasteiger partial charge in [0.15, 0.2) is 0 Å². The number of aromatic nitrogens is 4. The minimum Gasteiger partial charge on any atom is -0.298 e. The molecule has 8 heteroatoms. The molecule has 2 rings (SSSR count). The molecular weight excluding hydrogens is 288 g/mol. The van der Waals surface area contributed by atoms with Gasteiger partial charge in [0.25, 0.3) is 14.2 Å². The van der Waals surface area contributed by atoms with E-state index < -0.39 is 9.05 Å². The first kappa shape index (κ1) is 14.0. The average molecular weight is 301 g/mol. The van der Waals surface area contributed by atoms with Crippen molar-refractivity contribution in [3.63, 3.8) is 0 Å². The van der Waals surface area contributed by atoms with E-state index in [1.165, 1.54) is 4.57 Å². The van der Waals surface area contributed by atoms with Crippen LogP contribution in [0.1, 0.15) is 31.3 Å². The molecule has 0 spiro atoms. The van der Waals surface area contributed by atoms with Gasteiger partial charge in [0.2, 0.25) is 0 Å². The van der Waals surface area contributed by atoms with Crippen LogP contribution in [0.25, 0.3) is 0 Å². The third kappa shape index (κ3) is 3.10. The third-order valence-corrected chi connectivity index (χ3v) is 3.71. The van der Waals surface area contributed by atoms with Crippen LogP contribution in [0, 0.1) is 0 Å². The van der Waals surface area contributed by atoms with Gasteiger partial charge in [0.1, 0.15) is 5.82 Å². The van der Waals surface area contributed by atoms with Crippen LogP contribution in [0.2, 0.25) is 0 Å². The fourth-order valence-corrected chi connectivity index (χ4v) is 2.80. The number of hydrogen-bond donors (Lipinski definition) is 0. The first-order chi connectivity index (χ1) is 8.89. The smallest absolute Gasteiger partial charge is 0.296 e. The monoisotopic (exact) mass is 300 g/mol. The Morgan fingerprint density at radius 2 is 1.89 bits per heavy atom. The molecule has 0 aliphatic heterocycles. The van der Waals surface area contributed by atoms with Crippen LogP contribution in [0.3, 0.4) is 0 Å². The standard InChI is InChI=1S/C11H13ClN4O2S/c1-8(2)16-10(7-9-3-5-13-6-4-9)14-15-11(16)19(12,17)18/h3-6,8H,7H2,1-2H3. The van der Waals surface area contributed by atoms with E-state index in [4.69, 9.17) is 10.7 Å². The molecule has 0 fully saturated rings. The van der Waals surface area contributed by atoms with Gasteiger partial charge in [0.05, 0.1) is 0 Å². The maximum atomic E-state index is 11.5. The van der Waals surface area contributed by atoms with Crippen molar-refractivity contribution in [2.24, 2.45) is 0 Å². The van der Waals surface area contributed by atoms with Gasteiger partial charge < -0.3 is 0 Å². The van der Waals surface area contributed by atoms with Crippen LogP contribution >= 0.6 is 10.7 Å². The fraction of sp³-hybridized carbons (Fsp3) is 0.364. The van der Waals surface area contributed by atoms with Crippen LogP contribution in [-0.4, -0.2) is 28.2 Å². The van der Waals surface area contributed by atoms with E-state index in [0.717, 1.165) is 5.56 Å².